The van der Waals surface area contributed by atoms with E-state index in [9.17, 15) is 9.90 Å². The molecule has 0 aliphatic carbocycles. The molecule has 20 heavy (non-hydrogen) atoms. The molecular weight excluding hydrogens is 254 g/mol. The summed E-state index contributed by atoms with van der Waals surface area (Å²) < 4.78 is 0. The fourth-order valence-electron chi connectivity index (χ4n) is 1.96. The minimum absolute atomic E-state index is 0.102. The monoisotopic (exact) mass is 271 g/mol. The highest BCUT2D eigenvalue weighted by atomic mass is 16.3. The summed E-state index contributed by atoms with van der Waals surface area (Å²) in [5, 5.41) is 9.79. The first-order chi connectivity index (χ1) is 9.50. The van der Waals surface area contributed by atoms with Crippen LogP contribution in [0.15, 0.2) is 36.8 Å². The number of rotatable bonds is 3. The van der Waals surface area contributed by atoms with Gasteiger partial charge in [0, 0.05) is 25.1 Å². The third-order valence-corrected chi connectivity index (χ3v) is 3.34. The Bertz CT molecular complexity index is 614. The van der Waals surface area contributed by atoms with Crippen molar-refractivity contribution in [2.75, 3.05) is 7.05 Å². The van der Waals surface area contributed by atoms with E-state index in [2.05, 4.69) is 9.97 Å². The highest BCUT2D eigenvalue weighted by Gasteiger charge is 2.21. The van der Waals surface area contributed by atoms with Gasteiger partial charge in [-0.05, 0) is 37.6 Å². The van der Waals surface area contributed by atoms with Crippen LogP contribution in [0.1, 0.15) is 34.6 Å². The fourth-order valence-corrected chi connectivity index (χ4v) is 1.96. The third kappa shape index (κ3) is 2.77. The van der Waals surface area contributed by atoms with Gasteiger partial charge in [-0.3, -0.25) is 14.8 Å². The summed E-state index contributed by atoms with van der Waals surface area (Å²) in [6.45, 7) is 3.71. The summed E-state index contributed by atoms with van der Waals surface area (Å²) in [7, 11) is 1.71. The van der Waals surface area contributed by atoms with Crippen molar-refractivity contribution in [2.24, 2.45) is 0 Å². The highest BCUT2D eigenvalue weighted by Crippen LogP contribution is 2.23. The number of aromatic nitrogens is 2. The van der Waals surface area contributed by atoms with Gasteiger partial charge in [-0.1, -0.05) is 0 Å². The first-order valence-corrected chi connectivity index (χ1v) is 6.33. The SMILES string of the molecule is Cc1cc(C(=O)N(C)C(C)c2ccncc2)c(O)cn1. The van der Waals surface area contributed by atoms with E-state index in [1.54, 1.807) is 37.3 Å². The Kier molecular flexibility index (Phi) is 3.98. The molecule has 5 heteroatoms. The molecule has 1 unspecified atom stereocenters. The molecule has 0 aliphatic rings. The fraction of sp³-hybridized carbons (Fsp3) is 0.267. The molecule has 0 radical (unpaired) electrons. The lowest BCUT2D eigenvalue weighted by molar-refractivity contribution is 0.0739. The predicted molar refractivity (Wildman–Crippen MR) is 75.4 cm³/mol. The lowest BCUT2D eigenvalue weighted by atomic mass is 10.1. The molecule has 5 nitrogen and oxygen atoms in total. The zero-order chi connectivity index (χ0) is 14.7. The Balaban J connectivity index is 2.27. The first kappa shape index (κ1) is 14.0. The van der Waals surface area contributed by atoms with E-state index in [1.807, 2.05) is 19.1 Å². The van der Waals surface area contributed by atoms with E-state index < -0.39 is 0 Å². The second kappa shape index (κ2) is 5.69. The standard InChI is InChI=1S/C15H17N3O2/c1-10-8-13(14(19)9-17-10)15(20)18(3)11(2)12-4-6-16-7-5-12/h4-9,11,19H,1-3H3. The molecule has 0 bridgehead atoms. The van der Waals surface area contributed by atoms with E-state index in [0.717, 1.165) is 5.56 Å². The van der Waals surface area contributed by atoms with Crippen molar-refractivity contribution in [3.63, 3.8) is 0 Å². The van der Waals surface area contributed by atoms with Crippen LogP contribution < -0.4 is 0 Å². The second-order valence-corrected chi connectivity index (χ2v) is 4.72. The second-order valence-electron chi connectivity index (χ2n) is 4.72. The summed E-state index contributed by atoms with van der Waals surface area (Å²) in [4.78, 5) is 22.0. The van der Waals surface area contributed by atoms with Gasteiger partial charge in [0.2, 0.25) is 0 Å². The number of aryl methyl sites for hydroxylation is 1. The van der Waals surface area contributed by atoms with Gasteiger partial charge in [-0.2, -0.15) is 0 Å². The number of carbonyl (C=O) groups is 1. The van der Waals surface area contributed by atoms with Crippen molar-refractivity contribution in [2.45, 2.75) is 19.9 Å². The summed E-state index contributed by atoms with van der Waals surface area (Å²) in [5.74, 6) is -0.341. The van der Waals surface area contributed by atoms with Crippen LogP contribution >= 0.6 is 0 Å². The molecule has 1 N–H and O–H groups in total. The largest absolute Gasteiger partial charge is 0.505 e. The van der Waals surface area contributed by atoms with Gasteiger partial charge in [-0.15, -0.1) is 0 Å². The maximum Gasteiger partial charge on any atom is 0.257 e. The average molecular weight is 271 g/mol. The topological polar surface area (TPSA) is 66.3 Å². The summed E-state index contributed by atoms with van der Waals surface area (Å²) in [6, 6.07) is 5.21. The molecule has 104 valence electrons. The molecule has 2 aromatic heterocycles. The van der Waals surface area contributed by atoms with Crippen LogP contribution in [-0.4, -0.2) is 32.9 Å². The Hall–Kier alpha value is -2.43. The normalized spacial score (nSPS) is 11.9. The average Bonchev–Trinajstić information content (AvgIpc) is 2.48. The van der Waals surface area contributed by atoms with Crippen LogP contribution in [0.4, 0.5) is 0 Å². The predicted octanol–water partition coefficient (Wildman–Crippen LogP) is 2.32. The van der Waals surface area contributed by atoms with Crippen LogP contribution in [0.2, 0.25) is 0 Å². The molecule has 0 aromatic carbocycles. The minimum Gasteiger partial charge on any atom is -0.505 e. The number of hydrogen-bond donors (Lipinski definition) is 1. The Morgan fingerprint density at radius 1 is 1.35 bits per heavy atom. The van der Waals surface area contributed by atoms with Crippen molar-refractivity contribution >= 4 is 5.91 Å². The minimum atomic E-state index is -0.239. The number of pyridine rings is 2. The van der Waals surface area contributed by atoms with E-state index in [0.29, 0.717) is 5.69 Å². The van der Waals surface area contributed by atoms with Crippen LogP contribution in [0.3, 0.4) is 0 Å². The van der Waals surface area contributed by atoms with Crippen LogP contribution in [0.25, 0.3) is 0 Å². The molecule has 0 saturated heterocycles. The number of carbonyl (C=O) groups excluding carboxylic acids is 1. The summed E-state index contributed by atoms with van der Waals surface area (Å²) in [5.41, 5.74) is 1.94. The Labute approximate surface area is 117 Å². The van der Waals surface area contributed by atoms with E-state index in [-0.39, 0.29) is 23.3 Å². The van der Waals surface area contributed by atoms with Gasteiger partial charge in [0.15, 0.2) is 0 Å². The highest BCUT2D eigenvalue weighted by molar-refractivity contribution is 5.96. The maximum absolute atomic E-state index is 12.5. The van der Waals surface area contributed by atoms with Gasteiger partial charge in [-0.25, -0.2) is 0 Å². The molecule has 1 amide bonds. The molecule has 0 spiro atoms. The van der Waals surface area contributed by atoms with Gasteiger partial charge in [0.05, 0.1) is 17.8 Å². The van der Waals surface area contributed by atoms with E-state index in [4.69, 9.17) is 0 Å². The summed E-state index contributed by atoms with van der Waals surface area (Å²) in [6.07, 6.45) is 4.68. The molecule has 2 aromatic rings. The van der Waals surface area contributed by atoms with Crippen LogP contribution in [-0.2, 0) is 0 Å². The van der Waals surface area contributed by atoms with Crippen molar-refractivity contribution in [3.05, 3.63) is 53.6 Å². The molecule has 0 saturated carbocycles. The third-order valence-electron chi connectivity index (χ3n) is 3.34. The zero-order valence-electron chi connectivity index (χ0n) is 11.7. The van der Waals surface area contributed by atoms with Gasteiger partial charge in [0.25, 0.3) is 5.91 Å². The first-order valence-electron chi connectivity index (χ1n) is 6.33. The molecule has 0 aliphatic heterocycles. The molecule has 0 fully saturated rings. The quantitative estimate of drug-likeness (QED) is 0.930. The van der Waals surface area contributed by atoms with Gasteiger partial charge >= 0.3 is 0 Å². The lowest BCUT2D eigenvalue weighted by Gasteiger charge is -2.25. The van der Waals surface area contributed by atoms with Crippen LogP contribution in [0.5, 0.6) is 5.75 Å². The molecular formula is C15H17N3O2. The number of aromatic hydroxyl groups is 1. The number of hydrogen-bond acceptors (Lipinski definition) is 4. The Morgan fingerprint density at radius 3 is 2.65 bits per heavy atom. The lowest BCUT2D eigenvalue weighted by Crippen LogP contribution is -2.29. The zero-order valence-corrected chi connectivity index (χ0v) is 11.7. The Morgan fingerprint density at radius 2 is 2.00 bits per heavy atom. The molecule has 2 rings (SSSR count). The van der Waals surface area contributed by atoms with Crippen LogP contribution in [0, 0.1) is 6.92 Å². The molecule has 1 atom stereocenters. The van der Waals surface area contributed by atoms with Crippen molar-refractivity contribution in [1.82, 2.24) is 14.9 Å². The maximum atomic E-state index is 12.5. The number of amides is 1. The van der Waals surface area contributed by atoms with Gasteiger partial charge in [0.1, 0.15) is 5.75 Å². The van der Waals surface area contributed by atoms with E-state index >= 15 is 0 Å². The smallest absolute Gasteiger partial charge is 0.257 e. The molecule has 2 heterocycles. The van der Waals surface area contributed by atoms with Crippen molar-refractivity contribution in [1.29, 1.82) is 0 Å². The van der Waals surface area contributed by atoms with E-state index in [1.165, 1.54) is 6.20 Å². The van der Waals surface area contributed by atoms with Crippen molar-refractivity contribution < 1.29 is 9.90 Å². The summed E-state index contributed by atoms with van der Waals surface area (Å²) >= 11 is 0. The van der Waals surface area contributed by atoms with Crippen molar-refractivity contribution in [3.8, 4) is 5.75 Å². The number of nitrogens with zero attached hydrogens (tertiary/aromatic N) is 3. The van der Waals surface area contributed by atoms with Gasteiger partial charge < -0.3 is 10.0 Å².